The molecule has 0 fully saturated rings. The van der Waals surface area contributed by atoms with Gasteiger partial charge in [-0.25, -0.2) is 4.79 Å². The Morgan fingerprint density at radius 3 is 2.37 bits per heavy atom. The molecular formula is C27H32F3N3O5. The molecular weight excluding hydrogens is 503 g/mol. The zero-order valence-electron chi connectivity index (χ0n) is 21.7. The minimum absolute atomic E-state index is 0.0177. The summed E-state index contributed by atoms with van der Waals surface area (Å²) < 4.78 is 49.4. The molecule has 3 rings (SSSR count). The summed E-state index contributed by atoms with van der Waals surface area (Å²) in [6, 6.07) is 12.0. The molecule has 2 N–H and O–H groups in total. The van der Waals surface area contributed by atoms with Gasteiger partial charge in [0, 0.05) is 12.1 Å². The predicted molar refractivity (Wildman–Crippen MR) is 135 cm³/mol. The molecule has 0 bridgehead atoms. The van der Waals surface area contributed by atoms with Gasteiger partial charge in [-0.2, -0.15) is 13.2 Å². The minimum Gasteiger partial charge on any atom is -0.489 e. The highest BCUT2D eigenvalue weighted by Crippen LogP contribution is 2.36. The van der Waals surface area contributed by atoms with E-state index >= 15 is 0 Å². The molecule has 2 aromatic rings. The van der Waals surface area contributed by atoms with Crippen LogP contribution < -0.4 is 20.3 Å². The van der Waals surface area contributed by atoms with Crippen LogP contribution in [0.15, 0.2) is 48.5 Å². The Morgan fingerprint density at radius 2 is 1.76 bits per heavy atom. The fourth-order valence-electron chi connectivity index (χ4n) is 4.00. The molecule has 0 unspecified atom stereocenters. The maximum absolute atomic E-state index is 13.6. The number of rotatable bonds is 8. The number of amides is 3. The molecule has 2 aromatic carbocycles. The Hall–Kier alpha value is -3.76. The van der Waals surface area contributed by atoms with Crippen LogP contribution in [0.25, 0.3) is 0 Å². The topological polar surface area (TPSA) is 97.0 Å². The van der Waals surface area contributed by atoms with Crippen LogP contribution in [0.4, 0.5) is 23.7 Å². The molecule has 8 nitrogen and oxygen atoms in total. The SMILES string of the molecule is CC[C@H](NC(=O)OC(C)(C)C)C(=O)N1c2ccc(OCc3ccccc3)cc2C[C@@H]1C(=O)NCC(F)(F)F. The number of nitrogens with one attached hydrogen (secondary N) is 2. The van der Waals surface area contributed by atoms with E-state index in [9.17, 15) is 27.6 Å². The van der Waals surface area contributed by atoms with E-state index in [1.165, 1.54) is 0 Å². The monoisotopic (exact) mass is 535 g/mol. The number of halogens is 3. The van der Waals surface area contributed by atoms with Gasteiger partial charge in [0.15, 0.2) is 0 Å². The fraction of sp³-hybridized carbons (Fsp3) is 0.444. The van der Waals surface area contributed by atoms with E-state index in [0.717, 1.165) is 10.5 Å². The number of alkyl halides is 3. The van der Waals surface area contributed by atoms with Gasteiger partial charge in [0.1, 0.15) is 36.6 Å². The average Bonchev–Trinajstić information content (AvgIpc) is 3.22. The lowest BCUT2D eigenvalue weighted by atomic mass is 10.1. The maximum atomic E-state index is 13.6. The molecule has 3 amide bonds. The molecule has 0 radical (unpaired) electrons. The highest BCUT2D eigenvalue weighted by Gasteiger charge is 2.42. The summed E-state index contributed by atoms with van der Waals surface area (Å²) in [6.45, 7) is 5.44. The number of ether oxygens (including phenoxy) is 2. The molecule has 0 spiro atoms. The molecule has 206 valence electrons. The Kier molecular flexibility index (Phi) is 8.90. The number of benzene rings is 2. The second-order valence-electron chi connectivity index (χ2n) is 9.93. The van der Waals surface area contributed by atoms with Crippen molar-refractivity contribution < 1.29 is 37.0 Å². The van der Waals surface area contributed by atoms with Gasteiger partial charge < -0.3 is 20.1 Å². The van der Waals surface area contributed by atoms with Crippen LogP contribution in [-0.2, 0) is 27.4 Å². The fourth-order valence-corrected chi connectivity index (χ4v) is 4.00. The lowest BCUT2D eigenvalue weighted by Crippen LogP contribution is -2.55. The summed E-state index contributed by atoms with van der Waals surface area (Å²) in [5.41, 5.74) is 1.05. The first kappa shape index (κ1) is 28.8. The highest BCUT2D eigenvalue weighted by molar-refractivity contribution is 6.06. The van der Waals surface area contributed by atoms with Crippen molar-refractivity contribution in [3.05, 3.63) is 59.7 Å². The maximum Gasteiger partial charge on any atom is 0.408 e. The normalized spacial score (nSPS) is 15.9. The number of hydrogen-bond donors (Lipinski definition) is 2. The predicted octanol–water partition coefficient (Wildman–Crippen LogP) is 4.51. The Balaban J connectivity index is 1.85. The second kappa shape index (κ2) is 11.7. The minimum atomic E-state index is -4.61. The van der Waals surface area contributed by atoms with Gasteiger partial charge in [0.2, 0.25) is 11.8 Å². The van der Waals surface area contributed by atoms with Crippen molar-refractivity contribution in [2.24, 2.45) is 0 Å². The molecule has 1 aliphatic heterocycles. The van der Waals surface area contributed by atoms with Gasteiger partial charge in [-0.15, -0.1) is 0 Å². The summed E-state index contributed by atoms with van der Waals surface area (Å²) in [6.07, 6.45) is -5.28. The lowest BCUT2D eigenvalue weighted by Gasteiger charge is -2.29. The number of nitrogens with zero attached hydrogens (tertiary/aromatic N) is 1. The van der Waals surface area contributed by atoms with E-state index in [0.29, 0.717) is 17.0 Å². The van der Waals surface area contributed by atoms with Crippen molar-refractivity contribution in [2.75, 3.05) is 11.4 Å². The number of hydrogen-bond acceptors (Lipinski definition) is 5. The number of carbonyl (C=O) groups is 3. The highest BCUT2D eigenvalue weighted by atomic mass is 19.4. The summed E-state index contributed by atoms with van der Waals surface area (Å²) in [7, 11) is 0. The van der Waals surface area contributed by atoms with Crippen LogP contribution in [-0.4, -0.2) is 48.3 Å². The summed E-state index contributed by atoms with van der Waals surface area (Å²) >= 11 is 0. The second-order valence-corrected chi connectivity index (χ2v) is 9.93. The Bertz CT molecular complexity index is 1150. The number of carbonyl (C=O) groups excluding carboxylic acids is 3. The van der Waals surface area contributed by atoms with Gasteiger partial charge in [-0.05, 0) is 56.5 Å². The number of fused-ring (bicyclic) bond motifs is 1. The van der Waals surface area contributed by atoms with Crippen LogP contribution in [0.5, 0.6) is 5.75 Å². The van der Waals surface area contributed by atoms with Crippen molar-refractivity contribution in [3.63, 3.8) is 0 Å². The van der Waals surface area contributed by atoms with Crippen molar-refractivity contribution in [1.29, 1.82) is 0 Å². The zero-order chi connectivity index (χ0) is 28.1. The average molecular weight is 536 g/mol. The molecule has 38 heavy (non-hydrogen) atoms. The van der Waals surface area contributed by atoms with Crippen molar-refractivity contribution >= 4 is 23.6 Å². The van der Waals surface area contributed by atoms with E-state index in [-0.39, 0.29) is 19.4 Å². The third kappa shape index (κ3) is 7.87. The smallest absolute Gasteiger partial charge is 0.408 e. The Labute approximate surface area is 219 Å². The van der Waals surface area contributed by atoms with E-state index in [1.54, 1.807) is 45.9 Å². The summed E-state index contributed by atoms with van der Waals surface area (Å²) in [5, 5.41) is 4.38. The van der Waals surface area contributed by atoms with Crippen LogP contribution in [0, 0.1) is 0 Å². The third-order valence-electron chi connectivity index (χ3n) is 5.68. The van der Waals surface area contributed by atoms with E-state index in [2.05, 4.69) is 5.32 Å². The van der Waals surface area contributed by atoms with Crippen LogP contribution in [0.1, 0.15) is 45.2 Å². The lowest BCUT2D eigenvalue weighted by molar-refractivity contribution is -0.139. The van der Waals surface area contributed by atoms with Gasteiger partial charge in [0.05, 0.1) is 0 Å². The van der Waals surface area contributed by atoms with Crippen molar-refractivity contribution in [1.82, 2.24) is 10.6 Å². The molecule has 2 atom stereocenters. The quantitative estimate of drug-likeness (QED) is 0.519. The summed E-state index contributed by atoms with van der Waals surface area (Å²) in [4.78, 5) is 39.9. The molecule has 1 aliphatic rings. The zero-order valence-corrected chi connectivity index (χ0v) is 21.7. The van der Waals surface area contributed by atoms with E-state index in [4.69, 9.17) is 9.47 Å². The first-order valence-electron chi connectivity index (χ1n) is 12.2. The standard InChI is InChI=1S/C27H32F3N3O5/c1-5-20(32-25(36)38-26(2,3)4)24(35)33-21-12-11-19(37-15-17-9-7-6-8-10-17)13-18(21)14-22(33)23(34)31-16-27(28,29)30/h6-13,20,22H,5,14-16H2,1-4H3,(H,31,34)(H,32,36)/t20-,22+/m0/s1. The number of anilines is 1. The van der Waals surface area contributed by atoms with Gasteiger partial charge in [-0.1, -0.05) is 37.3 Å². The van der Waals surface area contributed by atoms with Gasteiger partial charge in [-0.3, -0.25) is 14.5 Å². The van der Waals surface area contributed by atoms with Crippen LogP contribution in [0.3, 0.4) is 0 Å². The number of alkyl carbamates (subject to hydrolysis) is 1. The Morgan fingerprint density at radius 1 is 1.08 bits per heavy atom. The van der Waals surface area contributed by atoms with E-state index in [1.807, 2.05) is 35.6 Å². The first-order valence-corrected chi connectivity index (χ1v) is 12.2. The van der Waals surface area contributed by atoms with Gasteiger partial charge in [0.25, 0.3) is 0 Å². The van der Waals surface area contributed by atoms with Crippen LogP contribution >= 0.6 is 0 Å². The molecule has 0 saturated heterocycles. The van der Waals surface area contributed by atoms with Crippen molar-refractivity contribution in [3.8, 4) is 5.75 Å². The molecule has 0 aromatic heterocycles. The molecule has 0 aliphatic carbocycles. The molecule has 0 saturated carbocycles. The first-order chi connectivity index (χ1) is 17.8. The van der Waals surface area contributed by atoms with Gasteiger partial charge >= 0.3 is 12.3 Å². The van der Waals surface area contributed by atoms with Crippen molar-refractivity contribution in [2.45, 2.75) is 71.0 Å². The largest absolute Gasteiger partial charge is 0.489 e. The van der Waals surface area contributed by atoms with E-state index < -0.39 is 48.3 Å². The summed E-state index contributed by atoms with van der Waals surface area (Å²) in [5.74, 6) is -1.11. The molecule has 11 heteroatoms. The van der Waals surface area contributed by atoms with Crippen LogP contribution in [0.2, 0.25) is 0 Å². The molecule has 1 heterocycles. The third-order valence-corrected chi connectivity index (χ3v) is 5.68.